The Hall–Kier alpha value is -3.61. The third-order valence-corrected chi connectivity index (χ3v) is 5.50. The lowest BCUT2D eigenvalue weighted by Gasteiger charge is -2.17. The highest BCUT2D eigenvalue weighted by Gasteiger charge is 2.44. The number of benzene rings is 2. The number of fused-ring (bicyclic) bond motifs is 1. The molecule has 154 valence electrons. The zero-order valence-electron chi connectivity index (χ0n) is 16.3. The van der Waals surface area contributed by atoms with Crippen LogP contribution in [0.15, 0.2) is 54.6 Å². The minimum atomic E-state index is -1.11. The molecule has 1 fully saturated rings. The van der Waals surface area contributed by atoms with E-state index in [9.17, 15) is 19.8 Å². The molecule has 1 heterocycles. The van der Waals surface area contributed by atoms with Crippen molar-refractivity contribution < 1.29 is 29.3 Å². The molecule has 2 atom stereocenters. The summed E-state index contributed by atoms with van der Waals surface area (Å²) >= 11 is 0. The fourth-order valence-corrected chi connectivity index (χ4v) is 3.97. The van der Waals surface area contributed by atoms with Gasteiger partial charge in [-0.1, -0.05) is 30.3 Å². The van der Waals surface area contributed by atoms with Gasteiger partial charge >= 0.3 is 11.9 Å². The van der Waals surface area contributed by atoms with Crippen molar-refractivity contribution >= 4 is 22.8 Å². The highest BCUT2D eigenvalue weighted by molar-refractivity contribution is 5.89. The maximum atomic E-state index is 11.5. The monoisotopic (exact) mass is 407 g/mol. The number of pyridine rings is 1. The molecule has 1 aromatic heterocycles. The molecule has 4 rings (SSSR count). The smallest absolute Gasteiger partial charge is 0.307 e. The zero-order chi connectivity index (χ0) is 21.3. The largest absolute Gasteiger partial charge is 0.497 e. The van der Waals surface area contributed by atoms with Crippen molar-refractivity contribution in [3.8, 4) is 22.8 Å². The van der Waals surface area contributed by atoms with Gasteiger partial charge < -0.3 is 19.7 Å². The molecule has 0 aliphatic heterocycles. The van der Waals surface area contributed by atoms with Gasteiger partial charge in [0.15, 0.2) is 0 Å². The molecule has 2 N–H and O–H groups in total. The highest BCUT2D eigenvalue weighted by Crippen LogP contribution is 2.38. The number of methoxy groups -OCH3 is 1. The summed E-state index contributed by atoms with van der Waals surface area (Å²) < 4.78 is 11.5. The van der Waals surface area contributed by atoms with E-state index >= 15 is 0 Å². The van der Waals surface area contributed by atoms with Crippen molar-refractivity contribution in [2.45, 2.75) is 18.9 Å². The third kappa shape index (κ3) is 3.78. The molecule has 1 saturated carbocycles. The average Bonchev–Trinajstić information content (AvgIpc) is 3.18. The molecule has 7 heteroatoms. The Labute approximate surface area is 172 Å². The van der Waals surface area contributed by atoms with Crippen LogP contribution in [0.1, 0.15) is 12.8 Å². The fraction of sp³-hybridized carbons (Fsp3) is 0.261. The van der Waals surface area contributed by atoms with Crippen LogP contribution in [0.25, 0.3) is 22.2 Å². The summed E-state index contributed by atoms with van der Waals surface area (Å²) in [5.41, 5.74) is 2.28. The molecule has 2 unspecified atom stereocenters. The number of aromatic nitrogens is 1. The minimum Gasteiger partial charge on any atom is -0.497 e. The number of nitrogens with zero attached hydrogens (tertiary/aromatic N) is 1. The SMILES string of the molecule is COc1ccc2c(OC3CC(C(=O)O)C(C(=O)O)C3)cc(-c3ccccc3)nc2c1. The minimum absolute atomic E-state index is 0.146. The molecular weight excluding hydrogens is 386 g/mol. The van der Waals surface area contributed by atoms with Gasteiger partial charge in [-0.05, 0) is 25.0 Å². The number of hydrogen-bond donors (Lipinski definition) is 2. The van der Waals surface area contributed by atoms with Crippen molar-refractivity contribution in [3.05, 3.63) is 54.6 Å². The Morgan fingerprint density at radius 2 is 1.63 bits per heavy atom. The molecule has 0 spiro atoms. The van der Waals surface area contributed by atoms with Crippen LogP contribution in [-0.2, 0) is 9.59 Å². The summed E-state index contributed by atoms with van der Waals surface area (Å²) in [6, 6.07) is 16.9. The van der Waals surface area contributed by atoms with E-state index < -0.39 is 29.9 Å². The van der Waals surface area contributed by atoms with Crippen LogP contribution < -0.4 is 9.47 Å². The first-order valence-electron chi connectivity index (χ1n) is 9.62. The second-order valence-electron chi connectivity index (χ2n) is 7.36. The van der Waals surface area contributed by atoms with Gasteiger partial charge in [-0.3, -0.25) is 9.59 Å². The summed E-state index contributed by atoms with van der Waals surface area (Å²) in [6.45, 7) is 0. The van der Waals surface area contributed by atoms with E-state index in [2.05, 4.69) is 0 Å². The van der Waals surface area contributed by atoms with E-state index in [1.807, 2.05) is 48.5 Å². The van der Waals surface area contributed by atoms with Crippen LogP contribution in [0.4, 0.5) is 0 Å². The van der Waals surface area contributed by atoms with E-state index in [0.29, 0.717) is 22.7 Å². The molecule has 0 radical (unpaired) electrons. The number of carboxylic acid groups (broad SMARTS) is 2. The number of rotatable bonds is 6. The van der Waals surface area contributed by atoms with Crippen LogP contribution >= 0.6 is 0 Å². The summed E-state index contributed by atoms with van der Waals surface area (Å²) in [7, 11) is 1.58. The van der Waals surface area contributed by atoms with Crippen molar-refractivity contribution in [2.75, 3.05) is 7.11 Å². The Balaban J connectivity index is 1.74. The average molecular weight is 407 g/mol. The number of hydrogen-bond acceptors (Lipinski definition) is 5. The van der Waals surface area contributed by atoms with Gasteiger partial charge in [0.25, 0.3) is 0 Å². The molecule has 3 aromatic rings. The van der Waals surface area contributed by atoms with Gasteiger partial charge in [-0.25, -0.2) is 4.98 Å². The van der Waals surface area contributed by atoms with Crippen molar-refractivity contribution in [1.82, 2.24) is 4.98 Å². The van der Waals surface area contributed by atoms with Gasteiger partial charge in [0.05, 0.1) is 30.2 Å². The predicted molar refractivity (Wildman–Crippen MR) is 110 cm³/mol. The zero-order valence-corrected chi connectivity index (χ0v) is 16.3. The van der Waals surface area contributed by atoms with Crippen LogP contribution in [0.2, 0.25) is 0 Å². The van der Waals surface area contributed by atoms with Gasteiger partial charge in [0.1, 0.15) is 17.6 Å². The fourth-order valence-electron chi connectivity index (χ4n) is 3.97. The molecule has 0 bridgehead atoms. The first kappa shape index (κ1) is 19.7. The summed E-state index contributed by atoms with van der Waals surface area (Å²) in [4.78, 5) is 27.7. The van der Waals surface area contributed by atoms with Crippen molar-refractivity contribution in [1.29, 1.82) is 0 Å². The van der Waals surface area contributed by atoms with Crippen LogP contribution in [0, 0.1) is 11.8 Å². The Morgan fingerprint density at radius 1 is 0.967 bits per heavy atom. The molecular formula is C23H21NO6. The molecule has 30 heavy (non-hydrogen) atoms. The molecule has 1 aliphatic rings. The lowest BCUT2D eigenvalue weighted by Crippen LogP contribution is -2.24. The number of carbonyl (C=O) groups is 2. The number of carboxylic acids is 2. The van der Waals surface area contributed by atoms with Crippen LogP contribution in [0.3, 0.4) is 0 Å². The van der Waals surface area contributed by atoms with E-state index in [4.69, 9.17) is 14.5 Å². The summed E-state index contributed by atoms with van der Waals surface area (Å²) in [5.74, 6) is -2.94. The Morgan fingerprint density at radius 3 is 2.23 bits per heavy atom. The third-order valence-electron chi connectivity index (χ3n) is 5.50. The van der Waals surface area contributed by atoms with E-state index in [-0.39, 0.29) is 12.8 Å². The van der Waals surface area contributed by atoms with Crippen LogP contribution in [-0.4, -0.2) is 40.3 Å². The second-order valence-corrected chi connectivity index (χ2v) is 7.36. The summed E-state index contributed by atoms with van der Waals surface area (Å²) in [5, 5.41) is 19.5. The standard InChI is InChI=1S/C23H21NO6/c1-29-14-7-8-16-20(11-14)24-19(13-5-3-2-4-6-13)12-21(16)30-15-9-17(22(25)26)18(10-15)23(27)28/h2-8,11-12,15,17-18H,9-10H2,1H3,(H,25,26)(H,27,28). The summed E-state index contributed by atoms with van der Waals surface area (Å²) in [6.07, 6.45) is -0.219. The van der Waals surface area contributed by atoms with Gasteiger partial charge in [0, 0.05) is 23.1 Å². The van der Waals surface area contributed by atoms with Crippen LogP contribution in [0.5, 0.6) is 11.5 Å². The molecule has 2 aromatic carbocycles. The highest BCUT2D eigenvalue weighted by atomic mass is 16.5. The molecule has 0 saturated heterocycles. The van der Waals surface area contributed by atoms with E-state index in [1.54, 1.807) is 13.2 Å². The second kappa shape index (κ2) is 8.02. The number of ether oxygens (including phenoxy) is 2. The quantitative estimate of drug-likeness (QED) is 0.639. The maximum absolute atomic E-state index is 11.5. The first-order chi connectivity index (χ1) is 14.5. The molecule has 0 amide bonds. The first-order valence-corrected chi connectivity index (χ1v) is 9.62. The number of aliphatic carboxylic acids is 2. The van der Waals surface area contributed by atoms with E-state index in [1.165, 1.54) is 0 Å². The topological polar surface area (TPSA) is 106 Å². The Kier molecular flexibility index (Phi) is 5.27. The van der Waals surface area contributed by atoms with Gasteiger partial charge in [-0.2, -0.15) is 0 Å². The lowest BCUT2D eigenvalue weighted by atomic mass is 9.97. The lowest BCUT2D eigenvalue weighted by molar-refractivity contribution is -0.152. The van der Waals surface area contributed by atoms with Gasteiger partial charge in [0.2, 0.25) is 0 Å². The maximum Gasteiger partial charge on any atom is 0.307 e. The molecule has 7 nitrogen and oxygen atoms in total. The van der Waals surface area contributed by atoms with Crippen molar-refractivity contribution in [3.63, 3.8) is 0 Å². The van der Waals surface area contributed by atoms with Crippen molar-refractivity contribution in [2.24, 2.45) is 11.8 Å². The normalized spacial score (nSPS) is 20.8. The predicted octanol–water partition coefficient (Wildman–Crippen LogP) is 3.85. The van der Waals surface area contributed by atoms with Gasteiger partial charge in [-0.15, -0.1) is 0 Å². The Bertz CT molecular complexity index is 1080. The molecule has 1 aliphatic carbocycles. The van der Waals surface area contributed by atoms with E-state index in [0.717, 1.165) is 10.9 Å².